The van der Waals surface area contributed by atoms with E-state index in [0.29, 0.717) is 38.5 Å². The fourth-order valence-corrected chi connectivity index (χ4v) is 4.84. The molecule has 1 fully saturated rings. The third-order valence-electron chi connectivity index (χ3n) is 5.19. The predicted molar refractivity (Wildman–Crippen MR) is 116 cm³/mol. The molecule has 1 aliphatic rings. The lowest BCUT2D eigenvalue weighted by Crippen LogP contribution is -2.47. The summed E-state index contributed by atoms with van der Waals surface area (Å²) in [5.74, 6) is 0.0983. The fourth-order valence-electron chi connectivity index (χ4n) is 3.37. The van der Waals surface area contributed by atoms with Gasteiger partial charge in [0.05, 0.1) is 23.3 Å². The van der Waals surface area contributed by atoms with Gasteiger partial charge in [-0.25, -0.2) is 13.1 Å². The Kier molecular flexibility index (Phi) is 6.12. The Morgan fingerprint density at radius 1 is 1.03 bits per heavy atom. The maximum absolute atomic E-state index is 13.0. The number of carbonyl (C=O) groups is 1. The average molecular weight is 441 g/mol. The second-order valence-corrected chi connectivity index (χ2v) is 9.32. The van der Waals surface area contributed by atoms with E-state index in [-0.39, 0.29) is 10.5 Å². The topological polar surface area (TPSA) is 100 Å². The molecular formula is C21H24N6O3S. The van der Waals surface area contributed by atoms with Crippen LogP contribution in [0, 0.1) is 0 Å². The average Bonchev–Trinajstić information content (AvgIpc) is 3.21. The second kappa shape index (κ2) is 8.96. The van der Waals surface area contributed by atoms with Crippen molar-refractivity contribution in [2.75, 3.05) is 38.5 Å². The van der Waals surface area contributed by atoms with Crippen LogP contribution in [0.4, 0.5) is 5.82 Å². The number of likely N-dealkylation sites (N-methyl/N-ethyl adjacent to an activating group) is 1. The molecule has 0 radical (unpaired) electrons. The van der Waals surface area contributed by atoms with Gasteiger partial charge >= 0.3 is 0 Å². The van der Waals surface area contributed by atoms with E-state index in [0.717, 1.165) is 5.69 Å². The number of amides is 1. The van der Waals surface area contributed by atoms with Crippen LogP contribution in [0.2, 0.25) is 0 Å². The van der Waals surface area contributed by atoms with Crippen LogP contribution in [0.15, 0.2) is 65.8 Å². The molecule has 1 N–H and O–H groups in total. The highest BCUT2D eigenvalue weighted by molar-refractivity contribution is 7.89. The number of benzene rings is 1. The summed E-state index contributed by atoms with van der Waals surface area (Å²) >= 11 is 0. The van der Waals surface area contributed by atoms with Crippen LogP contribution in [-0.2, 0) is 16.6 Å². The number of nitrogens with zero attached hydrogens (tertiary/aromatic N) is 5. The summed E-state index contributed by atoms with van der Waals surface area (Å²) in [4.78, 5) is 19.3. The zero-order valence-corrected chi connectivity index (χ0v) is 18.0. The Labute approximate surface area is 181 Å². The maximum atomic E-state index is 13.0. The monoisotopic (exact) mass is 440 g/mol. The summed E-state index contributed by atoms with van der Waals surface area (Å²) in [7, 11) is -1.69. The van der Waals surface area contributed by atoms with Crippen LogP contribution in [0.3, 0.4) is 0 Å². The Hall–Kier alpha value is -3.08. The first-order valence-electron chi connectivity index (χ1n) is 9.95. The molecule has 0 saturated carbocycles. The first-order chi connectivity index (χ1) is 14.9. The molecule has 1 aliphatic heterocycles. The highest BCUT2D eigenvalue weighted by Gasteiger charge is 2.28. The molecule has 3 aromatic rings. The molecule has 31 heavy (non-hydrogen) atoms. The molecule has 0 unspecified atom stereocenters. The molecule has 1 saturated heterocycles. The first kappa shape index (κ1) is 21.2. The van der Waals surface area contributed by atoms with Crippen molar-refractivity contribution >= 4 is 21.7 Å². The zero-order valence-electron chi connectivity index (χ0n) is 17.2. The van der Waals surface area contributed by atoms with Gasteiger partial charge in [0.15, 0.2) is 0 Å². The van der Waals surface area contributed by atoms with Crippen LogP contribution in [0.5, 0.6) is 0 Å². The number of carbonyl (C=O) groups excluding carboxylic acids is 1. The fraction of sp³-hybridized carbons (Fsp3) is 0.286. The van der Waals surface area contributed by atoms with E-state index in [4.69, 9.17) is 0 Å². The van der Waals surface area contributed by atoms with Crippen LogP contribution < -0.4 is 5.32 Å². The van der Waals surface area contributed by atoms with Crippen LogP contribution in [-0.4, -0.2) is 71.5 Å². The van der Waals surface area contributed by atoms with Crippen molar-refractivity contribution in [1.82, 2.24) is 24.0 Å². The largest absolute Gasteiger partial charge is 0.307 e. The van der Waals surface area contributed by atoms with E-state index >= 15 is 0 Å². The third kappa shape index (κ3) is 4.82. The predicted octanol–water partition coefficient (Wildman–Crippen LogP) is 1.51. The molecule has 10 heteroatoms. The van der Waals surface area contributed by atoms with E-state index in [1.807, 2.05) is 25.2 Å². The molecule has 4 rings (SSSR count). The number of aromatic nitrogens is 3. The number of hydrogen-bond acceptors (Lipinski definition) is 6. The highest BCUT2D eigenvalue weighted by atomic mass is 32.2. The summed E-state index contributed by atoms with van der Waals surface area (Å²) in [5, 5.41) is 7.05. The number of nitrogens with one attached hydrogen (secondary N) is 1. The molecule has 9 nitrogen and oxygen atoms in total. The Bertz CT molecular complexity index is 1150. The molecule has 0 spiro atoms. The summed E-state index contributed by atoms with van der Waals surface area (Å²) in [5.41, 5.74) is 1.07. The minimum atomic E-state index is -3.65. The zero-order chi connectivity index (χ0) is 21.8. The molecular weight excluding hydrogens is 416 g/mol. The van der Waals surface area contributed by atoms with Crippen molar-refractivity contribution in [3.05, 3.63) is 72.2 Å². The van der Waals surface area contributed by atoms with Crippen molar-refractivity contribution in [2.24, 2.45) is 0 Å². The van der Waals surface area contributed by atoms with E-state index in [9.17, 15) is 13.2 Å². The van der Waals surface area contributed by atoms with Crippen LogP contribution >= 0.6 is 0 Å². The molecule has 3 heterocycles. The lowest BCUT2D eigenvalue weighted by Gasteiger charge is -2.31. The van der Waals surface area contributed by atoms with E-state index in [1.165, 1.54) is 16.4 Å². The number of anilines is 1. The van der Waals surface area contributed by atoms with Gasteiger partial charge in [0, 0.05) is 44.0 Å². The van der Waals surface area contributed by atoms with E-state index in [2.05, 4.69) is 20.3 Å². The summed E-state index contributed by atoms with van der Waals surface area (Å²) in [6, 6.07) is 13.4. The molecule has 0 atom stereocenters. The number of piperazine rings is 1. The molecule has 1 aromatic carbocycles. The van der Waals surface area contributed by atoms with Crippen LogP contribution in [0.1, 0.15) is 16.1 Å². The van der Waals surface area contributed by atoms with Crippen molar-refractivity contribution < 1.29 is 13.2 Å². The normalized spacial score (nSPS) is 15.6. The van der Waals surface area contributed by atoms with Crippen molar-refractivity contribution in [2.45, 2.75) is 11.4 Å². The lowest BCUT2D eigenvalue weighted by atomic mass is 10.2. The number of sulfonamides is 1. The van der Waals surface area contributed by atoms with E-state index in [1.54, 1.807) is 35.3 Å². The summed E-state index contributed by atoms with van der Waals surface area (Å²) < 4.78 is 29.1. The van der Waals surface area contributed by atoms with Crippen molar-refractivity contribution in [3.8, 4) is 0 Å². The summed E-state index contributed by atoms with van der Waals surface area (Å²) in [6.07, 6.45) is 3.29. The molecule has 162 valence electrons. The van der Waals surface area contributed by atoms with Gasteiger partial charge in [-0.2, -0.15) is 9.40 Å². The van der Waals surface area contributed by atoms with Gasteiger partial charge in [-0.15, -0.1) is 0 Å². The van der Waals surface area contributed by atoms with Crippen LogP contribution in [0.25, 0.3) is 0 Å². The van der Waals surface area contributed by atoms with Gasteiger partial charge in [0.25, 0.3) is 5.91 Å². The quantitative estimate of drug-likeness (QED) is 0.624. The van der Waals surface area contributed by atoms with Gasteiger partial charge in [-0.1, -0.05) is 12.1 Å². The molecule has 2 aromatic heterocycles. The number of hydrogen-bond donors (Lipinski definition) is 1. The number of pyridine rings is 1. The Balaban J connectivity index is 1.50. The third-order valence-corrected chi connectivity index (χ3v) is 7.09. The smallest absolute Gasteiger partial charge is 0.256 e. The number of rotatable bonds is 6. The minimum Gasteiger partial charge on any atom is -0.307 e. The summed E-state index contributed by atoms with van der Waals surface area (Å²) in [6.45, 7) is 2.63. The Morgan fingerprint density at radius 2 is 1.84 bits per heavy atom. The van der Waals surface area contributed by atoms with Gasteiger partial charge in [-0.3, -0.25) is 9.78 Å². The lowest BCUT2D eigenvalue weighted by molar-refractivity contribution is 0.102. The SMILES string of the molecule is CN1CCN(S(=O)(=O)c2cccc(C(=O)Nc3ccnn3Cc3ccccn3)c2)CC1. The van der Waals surface area contributed by atoms with Crippen molar-refractivity contribution in [3.63, 3.8) is 0 Å². The second-order valence-electron chi connectivity index (χ2n) is 7.38. The van der Waals surface area contributed by atoms with Gasteiger partial charge < -0.3 is 10.2 Å². The first-order valence-corrected chi connectivity index (χ1v) is 11.4. The molecule has 0 aliphatic carbocycles. The Morgan fingerprint density at radius 3 is 2.58 bits per heavy atom. The standard InChI is InChI=1S/C21H24N6O3S/c1-25-11-13-26(14-12-25)31(29,30)19-7-4-5-17(15-19)21(28)24-20-8-10-23-27(20)16-18-6-2-3-9-22-18/h2-10,15H,11-14,16H2,1H3,(H,24,28). The maximum Gasteiger partial charge on any atom is 0.256 e. The molecule has 1 amide bonds. The molecule has 0 bridgehead atoms. The van der Waals surface area contributed by atoms with Crippen molar-refractivity contribution in [1.29, 1.82) is 0 Å². The minimum absolute atomic E-state index is 0.117. The van der Waals surface area contributed by atoms with E-state index < -0.39 is 15.9 Å². The van der Waals surface area contributed by atoms with Gasteiger partial charge in [-0.05, 0) is 37.4 Å². The van der Waals surface area contributed by atoms with Gasteiger partial charge in [0.1, 0.15) is 5.82 Å². The van der Waals surface area contributed by atoms with Gasteiger partial charge in [0.2, 0.25) is 10.0 Å². The highest BCUT2D eigenvalue weighted by Crippen LogP contribution is 2.19.